The van der Waals surface area contributed by atoms with Crippen LogP contribution in [0.15, 0.2) is 48.5 Å². The van der Waals surface area contributed by atoms with E-state index in [1.54, 1.807) is 57.2 Å². The summed E-state index contributed by atoms with van der Waals surface area (Å²) in [5, 5.41) is 15.9. The molecule has 0 bridgehead atoms. The molecule has 0 aromatic heterocycles. The van der Waals surface area contributed by atoms with E-state index in [1.165, 1.54) is 4.90 Å². The number of amides is 3. The zero-order valence-electron chi connectivity index (χ0n) is 24.3. The van der Waals surface area contributed by atoms with Crippen LogP contribution in [0.4, 0.5) is 10.5 Å². The first-order chi connectivity index (χ1) is 19.0. The Bertz CT molecular complexity index is 1080. The first-order valence-electron chi connectivity index (χ1n) is 14.0. The van der Waals surface area contributed by atoms with E-state index in [0.29, 0.717) is 22.7 Å². The van der Waals surface area contributed by atoms with Crippen molar-refractivity contribution in [1.82, 2.24) is 10.2 Å². The second-order valence-electron chi connectivity index (χ2n) is 10.9. The van der Waals surface area contributed by atoms with Crippen LogP contribution >= 0.6 is 11.6 Å². The maximum Gasteiger partial charge on any atom is 0.408 e. The van der Waals surface area contributed by atoms with E-state index in [1.807, 2.05) is 19.1 Å². The highest BCUT2D eigenvalue weighted by molar-refractivity contribution is 6.34. The molecule has 0 heterocycles. The molecule has 0 saturated heterocycles. The van der Waals surface area contributed by atoms with Gasteiger partial charge in [-0.05, 0) is 51.3 Å². The van der Waals surface area contributed by atoms with Gasteiger partial charge in [0, 0.05) is 6.54 Å². The summed E-state index contributed by atoms with van der Waals surface area (Å²) in [5.74, 6) is -1.03. The fourth-order valence-corrected chi connectivity index (χ4v) is 4.62. The number of carbonyl (C=O) groups excluding carboxylic acids is 3. The Hall–Kier alpha value is -3.10. The quantitative estimate of drug-likeness (QED) is 0.227. The van der Waals surface area contributed by atoms with E-state index in [4.69, 9.17) is 16.3 Å². The molecule has 3 N–H and O–H groups in total. The molecule has 0 fully saturated rings. The molecule has 8 nitrogen and oxygen atoms in total. The Morgan fingerprint density at radius 1 is 0.975 bits per heavy atom. The lowest BCUT2D eigenvalue weighted by Crippen LogP contribution is -2.54. The van der Waals surface area contributed by atoms with E-state index in [-0.39, 0.29) is 6.54 Å². The molecule has 0 aliphatic carbocycles. The van der Waals surface area contributed by atoms with Crippen LogP contribution in [-0.4, -0.2) is 52.7 Å². The Morgan fingerprint density at radius 2 is 1.62 bits per heavy atom. The van der Waals surface area contributed by atoms with Gasteiger partial charge in [0.2, 0.25) is 5.91 Å². The predicted octanol–water partition coefficient (Wildman–Crippen LogP) is 6.40. The van der Waals surface area contributed by atoms with Gasteiger partial charge in [-0.1, -0.05) is 93.1 Å². The van der Waals surface area contributed by atoms with E-state index in [2.05, 4.69) is 17.6 Å². The summed E-state index contributed by atoms with van der Waals surface area (Å²) in [6, 6.07) is 12.0. The summed E-state index contributed by atoms with van der Waals surface area (Å²) in [6.45, 7) is 8.71. The van der Waals surface area contributed by atoms with E-state index < -0.39 is 42.2 Å². The van der Waals surface area contributed by atoms with Crippen LogP contribution in [0.1, 0.15) is 83.4 Å². The number of aryl methyl sites for hydroxylation is 1. The molecular weight excluding hydrogens is 530 g/mol. The average molecular weight is 574 g/mol. The first-order valence-corrected chi connectivity index (χ1v) is 14.4. The lowest BCUT2D eigenvalue weighted by Gasteiger charge is -2.34. The largest absolute Gasteiger partial charge is 0.444 e. The summed E-state index contributed by atoms with van der Waals surface area (Å²) in [5.41, 5.74) is 1.05. The van der Waals surface area contributed by atoms with Crippen molar-refractivity contribution in [2.75, 3.05) is 18.5 Å². The van der Waals surface area contributed by atoms with Crippen molar-refractivity contribution < 1.29 is 24.2 Å². The molecule has 2 aromatic carbocycles. The Morgan fingerprint density at radius 3 is 2.23 bits per heavy atom. The number of aliphatic hydroxyl groups is 1. The number of ether oxygens (including phenoxy) is 1. The van der Waals surface area contributed by atoms with Crippen LogP contribution in [-0.2, 0) is 14.3 Å². The number of alkyl carbamates (subject to hydrolysis) is 1. The van der Waals surface area contributed by atoms with E-state index >= 15 is 0 Å². The molecular formula is C31H44ClN3O5. The number of carbonyl (C=O) groups is 3. The van der Waals surface area contributed by atoms with Crippen LogP contribution in [0.2, 0.25) is 5.02 Å². The maximum absolute atomic E-state index is 13.9. The van der Waals surface area contributed by atoms with Gasteiger partial charge in [-0.3, -0.25) is 9.59 Å². The highest BCUT2D eigenvalue weighted by Gasteiger charge is 2.36. The molecule has 3 amide bonds. The van der Waals surface area contributed by atoms with Gasteiger partial charge in [0.05, 0.1) is 17.3 Å². The second kappa shape index (κ2) is 16.2. The SMILES string of the molecule is CCCCCCCCN(C(=O)C(CO)NC(=O)OC(C)(C)C)C(C(=O)Nc1c(C)cccc1Cl)c1ccccc1. The summed E-state index contributed by atoms with van der Waals surface area (Å²) >= 11 is 6.40. The number of rotatable bonds is 14. The average Bonchev–Trinajstić information content (AvgIpc) is 2.89. The highest BCUT2D eigenvalue weighted by Crippen LogP contribution is 2.29. The van der Waals surface area contributed by atoms with Gasteiger partial charge in [0.25, 0.3) is 5.91 Å². The molecule has 40 heavy (non-hydrogen) atoms. The molecule has 2 unspecified atom stereocenters. The molecule has 9 heteroatoms. The standard InChI is InChI=1S/C31H44ClN3O5/c1-6-7-8-9-10-14-20-35(29(38)25(21-36)33-30(39)40-31(3,4)5)27(23-17-12-11-13-18-23)28(37)34-26-22(2)16-15-19-24(26)32/h11-13,15-19,25,27,36H,6-10,14,20-21H2,1-5H3,(H,33,39)(H,34,37). The zero-order valence-corrected chi connectivity index (χ0v) is 25.1. The topological polar surface area (TPSA) is 108 Å². The van der Waals surface area contributed by atoms with Gasteiger partial charge >= 0.3 is 6.09 Å². The minimum atomic E-state index is -1.30. The number of para-hydroxylation sites is 1. The fraction of sp³-hybridized carbons (Fsp3) is 0.516. The van der Waals surface area contributed by atoms with E-state index in [9.17, 15) is 19.5 Å². The van der Waals surface area contributed by atoms with Crippen LogP contribution < -0.4 is 10.6 Å². The lowest BCUT2D eigenvalue weighted by molar-refractivity contribution is -0.141. The number of benzene rings is 2. The molecule has 0 radical (unpaired) electrons. The maximum atomic E-state index is 13.9. The number of halogens is 1. The van der Waals surface area contributed by atoms with Gasteiger partial charge < -0.3 is 25.4 Å². The molecule has 220 valence electrons. The van der Waals surface area contributed by atoms with Gasteiger partial charge in [-0.15, -0.1) is 0 Å². The summed E-state index contributed by atoms with van der Waals surface area (Å²) in [7, 11) is 0. The Kier molecular flexibility index (Phi) is 13.4. The normalized spacial score (nSPS) is 12.8. The predicted molar refractivity (Wildman–Crippen MR) is 159 cm³/mol. The van der Waals surface area contributed by atoms with Crippen molar-refractivity contribution in [3.63, 3.8) is 0 Å². The molecule has 0 aliphatic rings. The summed E-state index contributed by atoms with van der Waals surface area (Å²) in [4.78, 5) is 41.8. The van der Waals surface area contributed by atoms with Gasteiger partial charge in [-0.2, -0.15) is 0 Å². The fourth-order valence-electron chi connectivity index (χ4n) is 4.35. The molecule has 0 aliphatic heterocycles. The number of nitrogens with zero attached hydrogens (tertiary/aromatic N) is 1. The minimum Gasteiger partial charge on any atom is -0.444 e. The highest BCUT2D eigenvalue weighted by atomic mass is 35.5. The first kappa shape index (κ1) is 33.1. The zero-order chi connectivity index (χ0) is 29.7. The van der Waals surface area contributed by atoms with Gasteiger partial charge in [0.1, 0.15) is 17.7 Å². The van der Waals surface area contributed by atoms with E-state index in [0.717, 1.165) is 37.7 Å². The number of anilines is 1. The lowest BCUT2D eigenvalue weighted by atomic mass is 10.0. The van der Waals surface area contributed by atoms with Crippen LogP contribution in [0, 0.1) is 6.92 Å². The monoisotopic (exact) mass is 573 g/mol. The van der Waals surface area contributed by atoms with Gasteiger partial charge in [0.15, 0.2) is 0 Å². The van der Waals surface area contributed by atoms with Crippen molar-refractivity contribution in [3.05, 3.63) is 64.7 Å². The van der Waals surface area contributed by atoms with Crippen LogP contribution in [0.25, 0.3) is 0 Å². The molecule has 0 saturated carbocycles. The van der Waals surface area contributed by atoms with Gasteiger partial charge in [-0.25, -0.2) is 4.79 Å². The number of hydrogen-bond acceptors (Lipinski definition) is 5. The number of nitrogens with one attached hydrogen (secondary N) is 2. The summed E-state index contributed by atoms with van der Waals surface area (Å²) < 4.78 is 5.31. The second-order valence-corrected chi connectivity index (χ2v) is 11.3. The Balaban J connectivity index is 2.43. The van der Waals surface area contributed by atoms with Crippen molar-refractivity contribution in [1.29, 1.82) is 0 Å². The van der Waals surface area contributed by atoms with Crippen LogP contribution in [0.5, 0.6) is 0 Å². The number of hydrogen-bond donors (Lipinski definition) is 3. The van der Waals surface area contributed by atoms with Crippen LogP contribution in [0.3, 0.4) is 0 Å². The molecule has 2 aromatic rings. The number of unbranched alkanes of at least 4 members (excludes halogenated alkanes) is 5. The third-order valence-corrected chi connectivity index (χ3v) is 6.67. The third-order valence-electron chi connectivity index (χ3n) is 6.35. The molecule has 2 atom stereocenters. The minimum absolute atomic E-state index is 0.256. The van der Waals surface area contributed by atoms with Crippen molar-refractivity contribution in [2.45, 2.75) is 90.8 Å². The number of aliphatic hydroxyl groups excluding tert-OH is 1. The summed E-state index contributed by atoms with van der Waals surface area (Å²) in [6.07, 6.45) is 5.07. The smallest absolute Gasteiger partial charge is 0.408 e. The van der Waals surface area contributed by atoms with Crippen molar-refractivity contribution >= 4 is 35.2 Å². The third kappa shape index (κ3) is 10.5. The molecule has 0 spiro atoms. The van der Waals surface area contributed by atoms with Crippen molar-refractivity contribution in [2.24, 2.45) is 0 Å². The molecule has 2 rings (SSSR count). The van der Waals surface area contributed by atoms with Crippen molar-refractivity contribution in [3.8, 4) is 0 Å². The Labute approximate surface area is 243 Å².